The summed E-state index contributed by atoms with van der Waals surface area (Å²) in [5.74, 6) is -0.256. The number of carbonyl (C=O) groups is 1. The first-order valence-corrected chi connectivity index (χ1v) is 6.09. The van der Waals surface area contributed by atoms with Gasteiger partial charge >= 0.3 is 5.97 Å². The maximum atomic E-state index is 11.6. The highest BCUT2D eigenvalue weighted by atomic mass is 35.5. The quantitative estimate of drug-likeness (QED) is 0.823. The van der Waals surface area contributed by atoms with Crippen molar-refractivity contribution in [3.63, 3.8) is 0 Å². The normalized spacial score (nSPS) is 14.1. The van der Waals surface area contributed by atoms with Gasteiger partial charge in [0.2, 0.25) is 0 Å². The van der Waals surface area contributed by atoms with Gasteiger partial charge in [-0.25, -0.2) is 0 Å². The molecule has 0 bridgehead atoms. The van der Waals surface area contributed by atoms with Crippen molar-refractivity contribution in [1.29, 1.82) is 0 Å². The molecule has 2 atom stereocenters. The molecule has 1 unspecified atom stereocenters. The Kier molecular flexibility index (Phi) is 5.45. The molecule has 0 saturated carbocycles. The van der Waals surface area contributed by atoms with E-state index in [0.717, 1.165) is 12.0 Å². The second kappa shape index (κ2) is 6.62. The number of esters is 1. The SMILES string of the molecule is CCC(C)[C@H](N)C(=O)OCc1ccccc1Cl. The monoisotopic (exact) mass is 255 g/mol. The molecule has 4 heteroatoms. The zero-order valence-electron chi connectivity index (χ0n) is 10.2. The van der Waals surface area contributed by atoms with Gasteiger partial charge in [-0.2, -0.15) is 0 Å². The lowest BCUT2D eigenvalue weighted by atomic mass is 10.0. The number of hydrogen-bond acceptors (Lipinski definition) is 3. The van der Waals surface area contributed by atoms with Crippen LogP contribution in [-0.2, 0) is 16.1 Å². The molecule has 17 heavy (non-hydrogen) atoms. The molecule has 0 aromatic heterocycles. The first-order valence-electron chi connectivity index (χ1n) is 5.71. The Morgan fingerprint density at radius 1 is 1.47 bits per heavy atom. The van der Waals surface area contributed by atoms with Crippen LogP contribution in [0.4, 0.5) is 0 Å². The minimum Gasteiger partial charge on any atom is -0.460 e. The summed E-state index contributed by atoms with van der Waals surface area (Å²) < 4.78 is 5.15. The fraction of sp³-hybridized carbons (Fsp3) is 0.462. The summed E-state index contributed by atoms with van der Waals surface area (Å²) in [6.45, 7) is 4.09. The molecule has 1 rings (SSSR count). The molecular formula is C13H18ClNO2. The van der Waals surface area contributed by atoms with Crippen LogP contribution >= 0.6 is 11.6 Å². The molecule has 1 aromatic rings. The van der Waals surface area contributed by atoms with Crippen molar-refractivity contribution in [3.8, 4) is 0 Å². The van der Waals surface area contributed by atoms with E-state index in [1.54, 1.807) is 6.07 Å². The number of carbonyl (C=O) groups excluding carboxylic acids is 1. The van der Waals surface area contributed by atoms with Gasteiger partial charge in [-0.15, -0.1) is 0 Å². The molecule has 0 saturated heterocycles. The van der Waals surface area contributed by atoms with E-state index in [9.17, 15) is 4.79 Å². The van der Waals surface area contributed by atoms with E-state index in [1.807, 2.05) is 32.0 Å². The zero-order valence-corrected chi connectivity index (χ0v) is 10.9. The van der Waals surface area contributed by atoms with Crippen LogP contribution in [0.2, 0.25) is 5.02 Å². The van der Waals surface area contributed by atoms with Gasteiger partial charge in [0.25, 0.3) is 0 Å². The summed E-state index contributed by atoms with van der Waals surface area (Å²) in [5, 5.41) is 0.595. The maximum Gasteiger partial charge on any atom is 0.323 e. The van der Waals surface area contributed by atoms with Gasteiger partial charge in [-0.1, -0.05) is 50.1 Å². The summed E-state index contributed by atoms with van der Waals surface area (Å²) in [4.78, 5) is 11.6. The third-order valence-electron chi connectivity index (χ3n) is 2.86. The Bertz CT molecular complexity index is 381. The first kappa shape index (κ1) is 14.0. The van der Waals surface area contributed by atoms with Crippen molar-refractivity contribution in [2.45, 2.75) is 32.9 Å². The van der Waals surface area contributed by atoms with Crippen LogP contribution in [-0.4, -0.2) is 12.0 Å². The molecule has 0 spiro atoms. The molecule has 0 amide bonds. The number of ether oxygens (including phenoxy) is 1. The Hall–Kier alpha value is -1.06. The van der Waals surface area contributed by atoms with Crippen LogP contribution in [0, 0.1) is 5.92 Å². The van der Waals surface area contributed by atoms with E-state index in [4.69, 9.17) is 22.1 Å². The molecule has 1 aromatic carbocycles. The summed E-state index contributed by atoms with van der Waals surface area (Å²) in [6.07, 6.45) is 0.850. The standard InChI is InChI=1S/C13H18ClNO2/c1-3-9(2)12(15)13(16)17-8-10-6-4-5-7-11(10)14/h4-7,9,12H,3,8,15H2,1-2H3/t9?,12-/m0/s1. The van der Waals surface area contributed by atoms with Gasteiger partial charge in [0.05, 0.1) is 0 Å². The second-order valence-corrected chi connectivity index (χ2v) is 4.52. The summed E-state index contributed by atoms with van der Waals surface area (Å²) in [5.41, 5.74) is 6.56. The smallest absolute Gasteiger partial charge is 0.323 e. The molecule has 2 N–H and O–H groups in total. The fourth-order valence-electron chi connectivity index (χ4n) is 1.35. The fourth-order valence-corrected chi connectivity index (χ4v) is 1.54. The van der Waals surface area contributed by atoms with Crippen LogP contribution < -0.4 is 5.73 Å². The van der Waals surface area contributed by atoms with Crippen molar-refractivity contribution < 1.29 is 9.53 Å². The summed E-state index contributed by atoms with van der Waals surface area (Å²) in [6, 6.07) is 6.70. The van der Waals surface area contributed by atoms with Gasteiger partial charge < -0.3 is 10.5 Å². The highest BCUT2D eigenvalue weighted by molar-refractivity contribution is 6.31. The highest BCUT2D eigenvalue weighted by Crippen LogP contribution is 2.16. The highest BCUT2D eigenvalue weighted by Gasteiger charge is 2.20. The Morgan fingerprint density at radius 3 is 2.71 bits per heavy atom. The summed E-state index contributed by atoms with van der Waals surface area (Å²) >= 11 is 5.95. The van der Waals surface area contributed by atoms with Gasteiger partial charge in [0.15, 0.2) is 0 Å². The molecular weight excluding hydrogens is 238 g/mol. The molecule has 0 heterocycles. The van der Waals surface area contributed by atoms with Crippen LogP contribution in [0.5, 0.6) is 0 Å². The average molecular weight is 256 g/mol. The van der Waals surface area contributed by atoms with E-state index in [1.165, 1.54) is 0 Å². The second-order valence-electron chi connectivity index (χ2n) is 4.11. The number of nitrogens with two attached hydrogens (primary N) is 1. The van der Waals surface area contributed by atoms with Crippen LogP contribution in [0.25, 0.3) is 0 Å². The number of rotatable bonds is 5. The van der Waals surface area contributed by atoms with Crippen molar-refractivity contribution in [2.24, 2.45) is 11.7 Å². The first-order chi connectivity index (χ1) is 8.06. The molecule has 0 radical (unpaired) electrons. The molecule has 0 fully saturated rings. The van der Waals surface area contributed by atoms with E-state index in [2.05, 4.69) is 0 Å². The predicted octanol–water partition coefficient (Wildman–Crippen LogP) is 2.76. The molecule has 0 aliphatic rings. The number of hydrogen-bond donors (Lipinski definition) is 1. The van der Waals surface area contributed by atoms with E-state index < -0.39 is 6.04 Å². The van der Waals surface area contributed by atoms with Gasteiger partial charge in [-0.3, -0.25) is 4.79 Å². The molecule has 0 aliphatic heterocycles. The Labute approximate surface area is 107 Å². The summed E-state index contributed by atoms with van der Waals surface area (Å²) in [7, 11) is 0. The lowest BCUT2D eigenvalue weighted by molar-refractivity contribution is -0.147. The van der Waals surface area contributed by atoms with Crippen molar-refractivity contribution >= 4 is 17.6 Å². The molecule has 3 nitrogen and oxygen atoms in total. The molecule has 94 valence electrons. The van der Waals surface area contributed by atoms with E-state index in [0.29, 0.717) is 5.02 Å². The zero-order chi connectivity index (χ0) is 12.8. The number of halogens is 1. The van der Waals surface area contributed by atoms with Gasteiger partial charge in [0, 0.05) is 10.6 Å². The van der Waals surface area contributed by atoms with Crippen molar-refractivity contribution in [1.82, 2.24) is 0 Å². The Balaban J connectivity index is 2.51. The van der Waals surface area contributed by atoms with Crippen LogP contribution in [0.1, 0.15) is 25.8 Å². The van der Waals surface area contributed by atoms with Crippen LogP contribution in [0.3, 0.4) is 0 Å². The largest absolute Gasteiger partial charge is 0.460 e. The Morgan fingerprint density at radius 2 is 2.12 bits per heavy atom. The minimum absolute atomic E-state index is 0.119. The van der Waals surface area contributed by atoms with E-state index in [-0.39, 0.29) is 18.5 Å². The maximum absolute atomic E-state index is 11.6. The topological polar surface area (TPSA) is 52.3 Å². The average Bonchev–Trinajstić information content (AvgIpc) is 2.35. The molecule has 0 aliphatic carbocycles. The van der Waals surface area contributed by atoms with E-state index >= 15 is 0 Å². The van der Waals surface area contributed by atoms with Crippen molar-refractivity contribution in [2.75, 3.05) is 0 Å². The lowest BCUT2D eigenvalue weighted by Gasteiger charge is -2.17. The van der Waals surface area contributed by atoms with Crippen LogP contribution in [0.15, 0.2) is 24.3 Å². The van der Waals surface area contributed by atoms with Gasteiger partial charge in [-0.05, 0) is 12.0 Å². The third kappa shape index (κ3) is 4.02. The third-order valence-corrected chi connectivity index (χ3v) is 3.23. The number of benzene rings is 1. The minimum atomic E-state index is -0.567. The lowest BCUT2D eigenvalue weighted by Crippen LogP contribution is -2.37. The van der Waals surface area contributed by atoms with Crippen molar-refractivity contribution in [3.05, 3.63) is 34.9 Å². The predicted molar refractivity (Wildman–Crippen MR) is 68.7 cm³/mol. The van der Waals surface area contributed by atoms with Gasteiger partial charge in [0.1, 0.15) is 12.6 Å².